The number of nitrogens with two attached hydrogens (primary N) is 1. The number of primary amides is 1. The van der Waals surface area contributed by atoms with Crippen LogP contribution in [-0.4, -0.2) is 26.9 Å². The number of rotatable bonds is 4. The Balaban J connectivity index is 1.74. The Labute approximate surface area is 140 Å². The third kappa shape index (κ3) is 3.70. The number of nitrogens with zero attached hydrogens (tertiary/aromatic N) is 3. The van der Waals surface area contributed by atoms with Crippen LogP contribution in [0.15, 0.2) is 48.1 Å². The molecule has 9 heteroatoms. The van der Waals surface area contributed by atoms with E-state index in [1.165, 1.54) is 11.3 Å². The van der Waals surface area contributed by atoms with E-state index in [0.717, 1.165) is 0 Å². The predicted octanol–water partition coefficient (Wildman–Crippen LogP) is 2.34. The van der Waals surface area contributed by atoms with Crippen LogP contribution < -0.4 is 16.4 Å². The van der Waals surface area contributed by atoms with Gasteiger partial charge in [0.15, 0.2) is 10.8 Å². The Bertz CT molecular complexity index is 880. The second-order valence-electron chi connectivity index (χ2n) is 4.63. The Morgan fingerprint density at radius 2 is 1.75 bits per heavy atom. The molecule has 24 heavy (non-hydrogen) atoms. The lowest BCUT2D eigenvalue weighted by atomic mass is 10.2. The number of carbonyl (C=O) groups is 2. The molecule has 0 aliphatic heterocycles. The van der Waals surface area contributed by atoms with E-state index >= 15 is 0 Å². The van der Waals surface area contributed by atoms with Gasteiger partial charge in [0.05, 0.1) is 0 Å². The van der Waals surface area contributed by atoms with E-state index in [9.17, 15) is 9.59 Å². The molecule has 8 nitrogen and oxygen atoms in total. The van der Waals surface area contributed by atoms with E-state index in [2.05, 4.69) is 25.6 Å². The van der Waals surface area contributed by atoms with Gasteiger partial charge in [-0.3, -0.25) is 4.79 Å². The van der Waals surface area contributed by atoms with Crippen LogP contribution >= 0.6 is 11.3 Å². The molecule has 2 aromatic heterocycles. The standard InChI is InChI=1S/C15H12N6O2S/c16-15(23)20-10-4-1-3-9(7-10)19-13(22)11-8-24-14(21-11)12-17-5-2-6-18-12/h1-8H,(H,19,22)(H3,16,20,23). The van der Waals surface area contributed by atoms with Gasteiger partial charge >= 0.3 is 6.03 Å². The van der Waals surface area contributed by atoms with Crippen molar-refractivity contribution in [3.05, 3.63) is 53.8 Å². The third-order valence-electron chi connectivity index (χ3n) is 2.88. The van der Waals surface area contributed by atoms with Crippen LogP contribution in [0.5, 0.6) is 0 Å². The van der Waals surface area contributed by atoms with Crippen molar-refractivity contribution in [2.24, 2.45) is 5.73 Å². The molecule has 0 fully saturated rings. The van der Waals surface area contributed by atoms with Gasteiger partial charge in [0.25, 0.3) is 5.91 Å². The highest BCUT2D eigenvalue weighted by Crippen LogP contribution is 2.21. The first-order valence-electron chi connectivity index (χ1n) is 6.82. The Kier molecular flexibility index (Phi) is 4.43. The summed E-state index contributed by atoms with van der Waals surface area (Å²) in [6.07, 6.45) is 3.22. The van der Waals surface area contributed by atoms with E-state index in [0.29, 0.717) is 22.2 Å². The quantitative estimate of drug-likeness (QED) is 0.672. The molecule has 4 N–H and O–H groups in total. The lowest BCUT2D eigenvalue weighted by Gasteiger charge is -2.06. The number of carbonyl (C=O) groups excluding carboxylic acids is 2. The molecule has 0 atom stereocenters. The highest BCUT2D eigenvalue weighted by Gasteiger charge is 2.13. The number of hydrogen-bond donors (Lipinski definition) is 3. The summed E-state index contributed by atoms with van der Waals surface area (Å²) in [5, 5.41) is 7.34. The zero-order chi connectivity index (χ0) is 16.9. The number of anilines is 2. The van der Waals surface area contributed by atoms with Gasteiger partial charge in [0.1, 0.15) is 5.69 Å². The maximum absolute atomic E-state index is 12.3. The smallest absolute Gasteiger partial charge is 0.316 e. The largest absolute Gasteiger partial charge is 0.351 e. The van der Waals surface area contributed by atoms with Gasteiger partial charge < -0.3 is 16.4 Å². The van der Waals surface area contributed by atoms with Gasteiger partial charge in [-0.2, -0.15) is 0 Å². The van der Waals surface area contributed by atoms with Crippen LogP contribution in [0.2, 0.25) is 0 Å². The predicted molar refractivity (Wildman–Crippen MR) is 90.7 cm³/mol. The average Bonchev–Trinajstić information content (AvgIpc) is 3.05. The maximum Gasteiger partial charge on any atom is 0.316 e. The lowest BCUT2D eigenvalue weighted by Crippen LogP contribution is -2.19. The molecule has 3 amide bonds. The minimum atomic E-state index is -0.675. The number of urea groups is 1. The van der Waals surface area contributed by atoms with E-state index in [-0.39, 0.29) is 11.6 Å². The van der Waals surface area contributed by atoms with Crippen LogP contribution in [0.25, 0.3) is 10.8 Å². The van der Waals surface area contributed by atoms with Crippen molar-refractivity contribution in [1.29, 1.82) is 0 Å². The SMILES string of the molecule is NC(=O)Nc1cccc(NC(=O)c2csc(-c3ncccn3)n2)c1. The van der Waals surface area contributed by atoms with Crippen molar-refractivity contribution in [2.45, 2.75) is 0 Å². The van der Waals surface area contributed by atoms with Crippen molar-refractivity contribution in [1.82, 2.24) is 15.0 Å². The zero-order valence-electron chi connectivity index (χ0n) is 12.3. The molecule has 120 valence electrons. The molecule has 0 unspecified atom stereocenters. The van der Waals surface area contributed by atoms with Crippen LogP contribution in [0.4, 0.5) is 16.2 Å². The second kappa shape index (κ2) is 6.84. The first-order valence-corrected chi connectivity index (χ1v) is 7.70. The third-order valence-corrected chi connectivity index (χ3v) is 3.72. The molecule has 1 aromatic carbocycles. The van der Waals surface area contributed by atoms with Crippen LogP contribution in [0.1, 0.15) is 10.5 Å². The number of aromatic nitrogens is 3. The van der Waals surface area contributed by atoms with Gasteiger partial charge in [-0.05, 0) is 24.3 Å². The van der Waals surface area contributed by atoms with Crippen molar-refractivity contribution in [3.63, 3.8) is 0 Å². The molecule has 0 spiro atoms. The number of amides is 3. The number of hydrogen-bond acceptors (Lipinski definition) is 6. The van der Waals surface area contributed by atoms with E-state index in [4.69, 9.17) is 5.73 Å². The molecule has 0 radical (unpaired) electrons. The highest BCUT2D eigenvalue weighted by atomic mass is 32.1. The molecule has 3 aromatic rings. The number of thiazole rings is 1. The molecule has 0 saturated heterocycles. The van der Waals surface area contributed by atoms with Crippen molar-refractivity contribution >= 4 is 34.6 Å². The molecule has 0 saturated carbocycles. The summed E-state index contributed by atoms with van der Waals surface area (Å²) in [5.74, 6) is 0.0962. The van der Waals surface area contributed by atoms with Gasteiger partial charge in [-0.25, -0.2) is 19.7 Å². The van der Waals surface area contributed by atoms with Crippen LogP contribution in [0, 0.1) is 0 Å². The maximum atomic E-state index is 12.3. The Morgan fingerprint density at radius 3 is 2.46 bits per heavy atom. The molecule has 0 bridgehead atoms. The summed E-state index contributed by atoms with van der Waals surface area (Å²) in [5.41, 5.74) is 6.32. The van der Waals surface area contributed by atoms with Gasteiger partial charge in [-0.1, -0.05) is 6.07 Å². The molecular formula is C15H12N6O2S. The fraction of sp³-hybridized carbons (Fsp3) is 0. The summed E-state index contributed by atoms with van der Waals surface area (Å²) in [7, 11) is 0. The van der Waals surface area contributed by atoms with Gasteiger partial charge in [0, 0.05) is 29.1 Å². The van der Waals surface area contributed by atoms with Crippen molar-refractivity contribution in [3.8, 4) is 10.8 Å². The average molecular weight is 340 g/mol. The molecule has 3 rings (SSSR count). The van der Waals surface area contributed by atoms with Crippen LogP contribution in [-0.2, 0) is 0 Å². The molecule has 2 heterocycles. The molecule has 0 aliphatic carbocycles. The Hall–Kier alpha value is -3.33. The summed E-state index contributed by atoms with van der Waals surface area (Å²) in [6, 6.07) is 7.66. The fourth-order valence-electron chi connectivity index (χ4n) is 1.90. The molecule has 0 aliphatic rings. The molecular weight excluding hydrogens is 328 g/mol. The summed E-state index contributed by atoms with van der Waals surface area (Å²) >= 11 is 1.28. The number of nitrogens with one attached hydrogen (secondary N) is 2. The van der Waals surface area contributed by atoms with E-state index in [1.807, 2.05) is 0 Å². The lowest BCUT2D eigenvalue weighted by molar-refractivity contribution is 0.102. The summed E-state index contributed by atoms with van der Waals surface area (Å²) in [4.78, 5) is 35.6. The summed E-state index contributed by atoms with van der Waals surface area (Å²) in [6.45, 7) is 0. The van der Waals surface area contributed by atoms with Gasteiger partial charge in [-0.15, -0.1) is 11.3 Å². The Morgan fingerprint density at radius 1 is 1.04 bits per heavy atom. The summed E-state index contributed by atoms with van der Waals surface area (Å²) < 4.78 is 0. The minimum absolute atomic E-state index is 0.260. The monoisotopic (exact) mass is 340 g/mol. The fourth-order valence-corrected chi connectivity index (χ4v) is 2.65. The highest BCUT2D eigenvalue weighted by molar-refractivity contribution is 7.13. The van der Waals surface area contributed by atoms with E-state index < -0.39 is 6.03 Å². The first kappa shape index (κ1) is 15.6. The second-order valence-corrected chi connectivity index (χ2v) is 5.49. The van der Waals surface area contributed by atoms with Crippen LogP contribution in [0.3, 0.4) is 0 Å². The normalized spacial score (nSPS) is 10.2. The minimum Gasteiger partial charge on any atom is -0.351 e. The van der Waals surface area contributed by atoms with Gasteiger partial charge in [0.2, 0.25) is 0 Å². The topological polar surface area (TPSA) is 123 Å². The first-order chi connectivity index (χ1) is 11.6. The van der Waals surface area contributed by atoms with Crippen molar-refractivity contribution < 1.29 is 9.59 Å². The number of benzene rings is 1. The van der Waals surface area contributed by atoms with Crippen molar-refractivity contribution in [2.75, 3.05) is 10.6 Å². The van der Waals surface area contributed by atoms with E-state index in [1.54, 1.807) is 48.1 Å². The zero-order valence-corrected chi connectivity index (χ0v) is 13.1.